The smallest absolute Gasteiger partial charge is 0.126 e. The molecule has 0 saturated carbocycles. The van der Waals surface area contributed by atoms with E-state index < -0.39 is 0 Å². The average Bonchev–Trinajstić information content (AvgIpc) is 3.24. The summed E-state index contributed by atoms with van der Waals surface area (Å²) in [7, 11) is 1.08. The third-order valence-electron chi connectivity index (χ3n) is 3.22. The first-order valence-corrected chi connectivity index (χ1v) is 10.6. The van der Waals surface area contributed by atoms with Crippen LogP contribution >= 0.6 is 0 Å². The molecule has 0 N–H and O–H groups in total. The van der Waals surface area contributed by atoms with Crippen molar-refractivity contribution in [3.63, 3.8) is 0 Å². The molecule has 0 amide bonds. The van der Waals surface area contributed by atoms with E-state index in [0.29, 0.717) is 0 Å². The van der Waals surface area contributed by atoms with Gasteiger partial charge in [-0.3, -0.25) is 6.08 Å². The molecule has 0 aliphatic heterocycles. The number of ether oxygens (including phenoxy) is 1. The number of hydrogen-bond acceptors (Lipinski definition) is 1. The van der Waals surface area contributed by atoms with Gasteiger partial charge in [0.05, 0.1) is 6.26 Å². The fraction of sp³-hybridized carbons (Fsp3) is 0.167. The third kappa shape index (κ3) is 11.4. The summed E-state index contributed by atoms with van der Waals surface area (Å²) in [4.78, 5) is 0. The first kappa shape index (κ1) is 25.1. The van der Waals surface area contributed by atoms with Crippen LogP contribution in [0.2, 0.25) is 13.1 Å². The van der Waals surface area contributed by atoms with Crippen LogP contribution in [0.25, 0.3) is 5.57 Å². The molecule has 0 aromatic heterocycles. The summed E-state index contributed by atoms with van der Waals surface area (Å²) in [5.41, 5.74) is 3.25. The summed E-state index contributed by atoms with van der Waals surface area (Å²) in [6.45, 7) is 10.2. The number of aryl methyl sites for hydroxylation is 1. The van der Waals surface area contributed by atoms with Crippen molar-refractivity contribution < 1.29 is 26.5 Å². The minimum Gasteiger partial charge on any atom is -0.464 e. The Labute approximate surface area is 182 Å². The van der Waals surface area contributed by atoms with Crippen LogP contribution in [0.5, 0.6) is 5.75 Å². The van der Waals surface area contributed by atoms with Crippen molar-refractivity contribution in [2.24, 2.45) is 0 Å². The Bertz CT molecular complexity index is 723. The molecule has 138 valence electrons. The molecule has 1 aliphatic carbocycles. The third-order valence-corrected chi connectivity index (χ3v) is 3.22. The largest absolute Gasteiger partial charge is 0.464 e. The van der Waals surface area contributed by atoms with Gasteiger partial charge in [0.15, 0.2) is 0 Å². The Morgan fingerprint density at radius 2 is 1.81 bits per heavy atom. The van der Waals surface area contributed by atoms with E-state index in [1.807, 2.05) is 73.7 Å². The monoisotopic (exact) mass is 407 g/mol. The number of hydrogen-bond donors (Lipinski definition) is 0. The number of rotatable bonds is 4. The van der Waals surface area contributed by atoms with Crippen molar-refractivity contribution in [3.05, 3.63) is 109 Å². The van der Waals surface area contributed by atoms with E-state index in [9.17, 15) is 0 Å². The summed E-state index contributed by atoms with van der Waals surface area (Å²) in [6.07, 6.45) is 13.5. The first-order chi connectivity index (χ1) is 12.7. The van der Waals surface area contributed by atoms with Gasteiger partial charge in [0.25, 0.3) is 0 Å². The van der Waals surface area contributed by atoms with Gasteiger partial charge < -0.3 is 4.74 Å². The second-order valence-electron chi connectivity index (χ2n) is 5.58. The van der Waals surface area contributed by atoms with E-state index in [2.05, 4.69) is 31.8 Å². The van der Waals surface area contributed by atoms with E-state index in [1.165, 1.54) is 5.56 Å². The van der Waals surface area contributed by atoms with Crippen molar-refractivity contribution in [1.82, 2.24) is 0 Å². The Hall–Kier alpha value is -1.87. The molecule has 0 spiro atoms. The molecule has 1 aliphatic rings. The van der Waals surface area contributed by atoms with Gasteiger partial charge in [0.2, 0.25) is 0 Å². The van der Waals surface area contributed by atoms with Crippen LogP contribution in [0.4, 0.5) is 0 Å². The van der Waals surface area contributed by atoms with E-state index in [0.717, 1.165) is 32.8 Å². The second-order valence-corrected chi connectivity index (χ2v) is 6.58. The normalized spacial score (nSPS) is 11.3. The van der Waals surface area contributed by atoms with Gasteiger partial charge in [0, 0.05) is 36.8 Å². The zero-order chi connectivity index (χ0) is 19.0. The quantitative estimate of drug-likeness (QED) is 0.237. The van der Waals surface area contributed by atoms with E-state index in [4.69, 9.17) is 4.74 Å². The predicted octanol–water partition coefficient (Wildman–Crippen LogP) is 6.69. The fourth-order valence-electron chi connectivity index (χ4n) is 2.02. The first-order valence-electron chi connectivity index (χ1n) is 8.62. The summed E-state index contributed by atoms with van der Waals surface area (Å²) >= 11 is 0. The van der Waals surface area contributed by atoms with Crippen LogP contribution in [0.1, 0.15) is 17.5 Å². The topological polar surface area (TPSA) is 9.23 Å². The molecular weight excluding hydrogens is 380 g/mol. The van der Waals surface area contributed by atoms with Crippen molar-refractivity contribution in [1.29, 1.82) is 0 Å². The minimum absolute atomic E-state index is 0. The van der Waals surface area contributed by atoms with Crippen molar-refractivity contribution in [2.45, 2.75) is 26.4 Å². The molecule has 0 bridgehead atoms. The van der Waals surface area contributed by atoms with E-state index in [-0.39, 0.29) is 21.7 Å². The number of benzene rings is 2. The Morgan fingerprint density at radius 1 is 1.11 bits per heavy atom. The molecule has 2 aromatic rings. The van der Waals surface area contributed by atoms with Crippen LogP contribution in [0.3, 0.4) is 0 Å². The van der Waals surface area contributed by atoms with Gasteiger partial charge in [-0.05, 0) is 30.2 Å². The molecule has 27 heavy (non-hydrogen) atoms. The molecule has 2 aromatic carbocycles. The van der Waals surface area contributed by atoms with Crippen LogP contribution in [-0.2, 0) is 21.7 Å². The standard InChI is InChI=1S/C17H16O.C5H5.C2H6Si.Ti/c1-3-15(16-9-5-4-6-10-16)13-18-17-11-7-8-14(2)12-17;1-2-4-5-3-1;1-3-2;/h3-13H,1H2,2H3;1-3H,4H2;1-2H3;/q;-1;;. The molecule has 0 fully saturated rings. The average molecular weight is 407 g/mol. The zero-order valence-corrected chi connectivity index (χ0v) is 19.0. The SMILES string of the molecule is C=CC(=COc1cccc(C)c1)c1ccccc1.C[Si]C.[C-]1=CC=CC1.[Ti]. The maximum absolute atomic E-state index is 5.66. The molecule has 2 radical (unpaired) electrons. The van der Waals surface area contributed by atoms with Crippen molar-refractivity contribution in [2.75, 3.05) is 0 Å². The summed E-state index contributed by atoms with van der Waals surface area (Å²) in [5.74, 6) is 0.838. The molecular formula is C24H27OSiTi-. The Kier molecular flexibility index (Phi) is 15.2. The molecule has 0 unspecified atom stereocenters. The Morgan fingerprint density at radius 3 is 2.30 bits per heavy atom. The minimum atomic E-state index is 0. The summed E-state index contributed by atoms with van der Waals surface area (Å²) < 4.78 is 5.66. The van der Waals surface area contributed by atoms with Gasteiger partial charge in [0.1, 0.15) is 5.75 Å². The fourth-order valence-corrected chi connectivity index (χ4v) is 2.02. The zero-order valence-electron chi connectivity index (χ0n) is 16.4. The van der Waals surface area contributed by atoms with E-state index in [1.54, 1.807) is 12.3 Å². The molecule has 1 nitrogen and oxygen atoms in total. The molecule has 0 heterocycles. The van der Waals surface area contributed by atoms with Gasteiger partial charge >= 0.3 is 0 Å². The van der Waals surface area contributed by atoms with Crippen LogP contribution in [0.15, 0.2) is 91.7 Å². The second kappa shape index (κ2) is 16.3. The Balaban J connectivity index is 0.000000630. The maximum atomic E-state index is 5.66. The van der Waals surface area contributed by atoms with Crippen molar-refractivity contribution in [3.8, 4) is 5.75 Å². The predicted molar refractivity (Wildman–Crippen MR) is 115 cm³/mol. The van der Waals surface area contributed by atoms with Crippen LogP contribution in [0, 0.1) is 13.0 Å². The van der Waals surface area contributed by atoms with Gasteiger partial charge in [-0.25, -0.2) is 12.2 Å². The molecule has 3 rings (SSSR count). The van der Waals surface area contributed by atoms with Crippen molar-refractivity contribution >= 4 is 15.1 Å². The summed E-state index contributed by atoms with van der Waals surface area (Å²) in [6, 6.07) is 18.0. The summed E-state index contributed by atoms with van der Waals surface area (Å²) in [5, 5.41) is 0. The number of allylic oxidation sites excluding steroid dienone is 6. The molecule has 0 atom stereocenters. The molecule has 0 saturated heterocycles. The molecule has 3 heteroatoms. The van der Waals surface area contributed by atoms with Crippen LogP contribution in [-0.4, -0.2) is 9.52 Å². The van der Waals surface area contributed by atoms with Gasteiger partial charge in [-0.1, -0.05) is 68.2 Å². The van der Waals surface area contributed by atoms with Crippen LogP contribution < -0.4 is 4.74 Å². The maximum Gasteiger partial charge on any atom is 0.126 e. The van der Waals surface area contributed by atoms with E-state index >= 15 is 0 Å². The van der Waals surface area contributed by atoms with Gasteiger partial charge in [-0.2, -0.15) is 6.08 Å². The van der Waals surface area contributed by atoms with Gasteiger partial charge in [-0.15, -0.1) is 6.42 Å².